The van der Waals surface area contributed by atoms with Crippen molar-refractivity contribution in [2.45, 2.75) is 107 Å². The summed E-state index contributed by atoms with van der Waals surface area (Å²) in [5.74, 6) is 0. The number of H-pyrrole nitrogens is 1. The predicted octanol–water partition coefficient (Wildman–Crippen LogP) is 11.2. The maximum Gasteiger partial charge on any atom is 0.100 e. The normalized spacial score (nSPS) is 14.5. The van der Waals surface area contributed by atoms with Crippen LogP contribution in [0.15, 0.2) is 96.9 Å². The molecule has 0 saturated heterocycles. The monoisotopic (exact) mass is 586 g/mol. The van der Waals surface area contributed by atoms with Gasteiger partial charge in [-0.1, -0.05) is 127 Å². The molecule has 1 aromatic heterocycles. The zero-order valence-corrected chi connectivity index (χ0v) is 28.5. The van der Waals surface area contributed by atoms with E-state index in [1.807, 2.05) is 65.1 Å². The van der Waals surface area contributed by atoms with Crippen LogP contribution in [0.1, 0.15) is 105 Å². The van der Waals surface area contributed by atoms with Crippen LogP contribution < -0.4 is 15.9 Å². The largest absolute Gasteiger partial charge is 0.360 e. The van der Waals surface area contributed by atoms with Gasteiger partial charge in [0.2, 0.25) is 0 Å². The second kappa shape index (κ2) is 23.9. The minimum atomic E-state index is -0.464. The number of halogens is 1. The molecule has 0 spiro atoms. The highest BCUT2D eigenvalue weighted by molar-refractivity contribution is 5.89. The van der Waals surface area contributed by atoms with Crippen LogP contribution in [-0.4, -0.2) is 11.2 Å². The highest BCUT2D eigenvalue weighted by Gasteiger charge is 2.10. The van der Waals surface area contributed by atoms with Gasteiger partial charge in [-0.2, -0.15) is 0 Å². The fraction of sp³-hybridized carbons (Fsp3) is 0.400. The molecule has 0 amide bonds. The molecule has 1 aromatic carbocycles. The number of rotatable bonds is 9. The van der Waals surface area contributed by atoms with Crippen LogP contribution >= 0.6 is 0 Å². The second-order valence-electron chi connectivity index (χ2n) is 10.2. The average Bonchev–Trinajstić information content (AvgIpc) is 3.39. The summed E-state index contributed by atoms with van der Waals surface area (Å²) in [4.78, 5) is 3.21. The Bertz CT molecular complexity index is 1290. The van der Waals surface area contributed by atoms with E-state index in [1.165, 1.54) is 28.7 Å². The molecular formula is C40H59FN2. The molecular weight excluding hydrogens is 527 g/mol. The summed E-state index contributed by atoms with van der Waals surface area (Å²) in [5.41, 5.74) is 8.01. The Kier molecular flexibility index (Phi) is 21.9. The molecule has 43 heavy (non-hydrogen) atoms. The van der Waals surface area contributed by atoms with Crippen molar-refractivity contribution in [3.63, 3.8) is 0 Å². The van der Waals surface area contributed by atoms with Gasteiger partial charge in [0.15, 0.2) is 0 Å². The van der Waals surface area contributed by atoms with E-state index < -0.39 is 6.17 Å². The fourth-order valence-corrected chi connectivity index (χ4v) is 4.21. The molecule has 1 aliphatic carbocycles. The Hall–Kier alpha value is -3.59. The minimum absolute atomic E-state index is 0.464. The molecule has 236 valence electrons. The third-order valence-electron chi connectivity index (χ3n) is 7.21. The number of benzene rings is 1. The SMILES string of the molecule is C=C(Nc1c[nH]c(=C)/c1=C\C(=C/C)c1ccc(CC)cc1)/C(C)=C/C.C=C/C(=C\C=C/C)CC.CC.FC1CCCCC1. The van der Waals surface area contributed by atoms with E-state index in [0.29, 0.717) is 0 Å². The van der Waals surface area contributed by atoms with Crippen molar-refractivity contribution in [3.8, 4) is 0 Å². The van der Waals surface area contributed by atoms with Gasteiger partial charge in [-0.3, -0.25) is 0 Å². The van der Waals surface area contributed by atoms with Crippen molar-refractivity contribution in [3.05, 3.63) is 119 Å². The summed E-state index contributed by atoms with van der Waals surface area (Å²) in [6.07, 6.45) is 23.1. The van der Waals surface area contributed by atoms with Crippen molar-refractivity contribution in [2.75, 3.05) is 5.32 Å². The number of aromatic nitrogens is 1. The molecule has 1 saturated carbocycles. The van der Waals surface area contributed by atoms with E-state index in [4.69, 9.17) is 0 Å². The molecule has 2 N–H and O–H groups in total. The minimum Gasteiger partial charge on any atom is -0.360 e. The molecule has 2 nitrogen and oxygen atoms in total. The van der Waals surface area contributed by atoms with Crippen LogP contribution in [0, 0.1) is 0 Å². The van der Waals surface area contributed by atoms with Gasteiger partial charge in [-0.05, 0) is 87.3 Å². The summed E-state index contributed by atoms with van der Waals surface area (Å²) >= 11 is 0. The van der Waals surface area contributed by atoms with Crippen LogP contribution in [-0.2, 0) is 6.42 Å². The van der Waals surface area contributed by atoms with Gasteiger partial charge >= 0.3 is 0 Å². The number of hydrogen-bond donors (Lipinski definition) is 2. The third kappa shape index (κ3) is 15.4. The number of hydrogen-bond acceptors (Lipinski definition) is 1. The first-order valence-corrected chi connectivity index (χ1v) is 16.1. The summed E-state index contributed by atoms with van der Waals surface area (Å²) in [5, 5.41) is 5.33. The third-order valence-corrected chi connectivity index (χ3v) is 7.21. The van der Waals surface area contributed by atoms with Crippen LogP contribution in [0.4, 0.5) is 10.1 Å². The summed E-state index contributed by atoms with van der Waals surface area (Å²) in [6, 6.07) is 8.72. The zero-order chi connectivity index (χ0) is 32.6. The van der Waals surface area contributed by atoms with Crippen molar-refractivity contribution in [1.29, 1.82) is 0 Å². The topological polar surface area (TPSA) is 27.8 Å². The molecule has 3 rings (SSSR count). The van der Waals surface area contributed by atoms with Gasteiger partial charge in [0.1, 0.15) is 6.17 Å². The number of anilines is 1. The lowest BCUT2D eigenvalue weighted by Gasteiger charge is -2.12. The molecule has 0 unspecified atom stereocenters. The van der Waals surface area contributed by atoms with E-state index in [-0.39, 0.29) is 0 Å². The lowest BCUT2D eigenvalue weighted by atomic mass is 9.99. The first-order valence-electron chi connectivity index (χ1n) is 16.1. The number of allylic oxidation sites excluding steroid dienone is 9. The molecule has 0 atom stereocenters. The molecule has 1 heterocycles. The summed E-state index contributed by atoms with van der Waals surface area (Å²) in [6.45, 7) is 28.3. The molecule has 0 radical (unpaired) electrons. The fourth-order valence-electron chi connectivity index (χ4n) is 4.21. The van der Waals surface area contributed by atoms with Gasteiger partial charge in [0.25, 0.3) is 0 Å². The van der Waals surface area contributed by atoms with Crippen molar-refractivity contribution >= 4 is 23.9 Å². The maximum atomic E-state index is 12.2. The lowest BCUT2D eigenvalue weighted by molar-refractivity contribution is 0.251. The molecule has 3 heteroatoms. The second-order valence-corrected chi connectivity index (χ2v) is 10.2. The molecule has 2 aromatic rings. The summed E-state index contributed by atoms with van der Waals surface area (Å²) < 4.78 is 12.2. The standard InChI is InChI=1S/C23H28N2.C9H14.C6H11F.C2H6/c1-7-16(4)17(5)25-23-15-24-18(6)22(23)14-20(9-3)21-12-10-19(8-2)11-13-21;1-4-7-8-9(5-2)6-3;7-6-4-2-1-3-5-6;1-2/h7,9-15,24-25H,5-6,8H2,1-4H3;4-5,7-8H,2,6H2,1,3H3;6H,1-5H2;1-2H3/b16-7+,20-9+,22-14+;7-4-,9-8+;;. The first kappa shape index (κ1) is 39.4. The Morgan fingerprint density at radius 1 is 1.02 bits per heavy atom. The smallest absolute Gasteiger partial charge is 0.100 e. The van der Waals surface area contributed by atoms with Crippen LogP contribution in [0.25, 0.3) is 18.2 Å². The average molecular weight is 587 g/mol. The van der Waals surface area contributed by atoms with Crippen LogP contribution in [0.3, 0.4) is 0 Å². The van der Waals surface area contributed by atoms with Crippen LogP contribution in [0.5, 0.6) is 0 Å². The quantitative estimate of drug-likeness (QED) is 0.281. The molecule has 0 aliphatic heterocycles. The van der Waals surface area contributed by atoms with Crippen molar-refractivity contribution < 1.29 is 4.39 Å². The van der Waals surface area contributed by atoms with Gasteiger partial charge < -0.3 is 10.3 Å². The highest BCUT2D eigenvalue weighted by Crippen LogP contribution is 2.20. The number of nitrogens with one attached hydrogen (secondary N) is 2. The molecule has 1 fully saturated rings. The predicted molar refractivity (Wildman–Crippen MR) is 194 cm³/mol. The van der Waals surface area contributed by atoms with Gasteiger partial charge in [-0.25, -0.2) is 4.39 Å². The Balaban J connectivity index is 0.000000797. The van der Waals surface area contributed by atoms with E-state index in [0.717, 1.165) is 66.1 Å². The Labute approximate surface area is 263 Å². The summed E-state index contributed by atoms with van der Waals surface area (Å²) in [7, 11) is 0. The van der Waals surface area contributed by atoms with E-state index in [9.17, 15) is 4.39 Å². The molecule has 0 bridgehead atoms. The number of aryl methyl sites for hydroxylation is 1. The van der Waals surface area contributed by atoms with Gasteiger partial charge in [0.05, 0.1) is 5.69 Å². The Morgan fingerprint density at radius 3 is 2.09 bits per heavy atom. The number of alkyl halides is 1. The maximum absolute atomic E-state index is 12.2. The highest BCUT2D eigenvalue weighted by atomic mass is 19.1. The van der Waals surface area contributed by atoms with Crippen molar-refractivity contribution in [2.24, 2.45) is 0 Å². The van der Waals surface area contributed by atoms with Crippen LogP contribution in [0.2, 0.25) is 0 Å². The first-order chi connectivity index (χ1) is 20.7. The van der Waals surface area contributed by atoms with E-state index in [1.54, 1.807) is 0 Å². The lowest BCUT2D eigenvalue weighted by Crippen LogP contribution is -2.23. The van der Waals surface area contributed by atoms with E-state index >= 15 is 0 Å². The van der Waals surface area contributed by atoms with Gasteiger partial charge in [-0.15, -0.1) is 0 Å². The molecule has 1 aliphatic rings. The van der Waals surface area contributed by atoms with Gasteiger partial charge in [0, 0.05) is 22.5 Å². The Morgan fingerprint density at radius 2 is 1.65 bits per heavy atom. The zero-order valence-electron chi connectivity index (χ0n) is 28.5. The number of aromatic amines is 1. The van der Waals surface area contributed by atoms with Crippen molar-refractivity contribution in [1.82, 2.24) is 4.98 Å². The van der Waals surface area contributed by atoms with E-state index in [2.05, 4.69) is 93.3 Å².